The second kappa shape index (κ2) is 5.60. The number of nitrogens with zero attached hydrogens (tertiary/aromatic N) is 4. The zero-order chi connectivity index (χ0) is 16.0. The first-order valence-corrected chi connectivity index (χ1v) is 8.89. The molecule has 0 N–H and O–H groups in total. The molecule has 3 aliphatic heterocycles. The molecule has 0 saturated carbocycles. The Morgan fingerprint density at radius 1 is 1.30 bits per heavy atom. The molecule has 3 fully saturated rings. The van der Waals surface area contributed by atoms with E-state index in [2.05, 4.69) is 19.8 Å². The van der Waals surface area contributed by atoms with Gasteiger partial charge in [0.25, 0.3) is 0 Å². The van der Waals surface area contributed by atoms with Crippen molar-refractivity contribution in [3.63, 3.8) is 0 Å². The average Bonchev–Trinajstić information content (AvgIpc) is 2.99. The lowest BCUT2D eigenvalue weighted by Crippen LogP contribution is -2.70. The molecule has 5 rings (SSSR count). The summed E-state index contributed by atoms with van der Waals surface area (Å²) in [5, 5.41) is 2.03. The normalized spacial score (nSPS) is 22.9. The first-order valence-electron chi connectivity index (χ1n) is 8.01. The fourth-order valence-corrected chi connectivity index (χ4v) is 4.41. The van der Waals surface area contributed by atoms with Gasteiger partial charge in [-0.05, 0) is 31.7 Å². The molecule has 2 aromatic heterocycles. The van der Waals surface area contributed by atoms with Crippen molar-refractivity contribution in [2.45, 2.75) is 38.8 Å². The number of anilines is 1. The van der Waals surface area contributed by atoms with Crippen molar-refractivity contribution >= 4 is 23.1 Å². The Morgan fingerprint density at radius 2 is 2.09 bits per heavy atom. The third-order valence-corrected chi connectivity index (χ3v) is 5.54. The molecule has 5 nitrogen and oxygen atoms in total. The maximum Gasteiger partial charge on any atom is 0.228 e. The van der Waals surface area contributed by atoms with Crippen molar-refractivity contribution < 1.29 is 4.79 Å². The van der Waals surface area contributed by atoms with Gasteiger partial charge >= 0.3 is 0 Å². The molecule has 0 aliphatic carbocycles. The zero-order valence-corrected chi connectivity index (χ0v) is 14.2. The van der Waals surface area contributed by atoms with Gasteiger partial charge in [-0.25, -0.2) is 9.97 Å². The van der Waals surface area contributed by atoms with Gasteiger partial charge in [0.1, 0.15) is 11.6 Å². The predicted molar refractivity (Wildman–Crippen MR) is 90.8 cm³/mol. The minimum Gasteiger partial charge on any atom is -0.352 e. The number of amides is 1. The SMILES string of the molecule is Cc1cc(N2CC3CC(C2)N3C(=O)Cc2cccs2)nc(C)n1. The Morgan fingerprint density at radius 3 is 2.74 bits per heavy atom. The van der Waals surface area contributed by atoms with Crippen LogP contribution in [0.4, 0.5) is 5.82 Å². The van der Waals surface area contributed by atoms with Gasteiger partial charge in [-0.1, -0.05) is 6.07 Å². The van der Waals surface area contributed by atoms with Crippen LogP contribution in [0, 0.1) is 13.8 Å². The van der Waals surface area contributed by atoms with Crippen LogP contribution >= 0.6 is 11.3 Å². The van der Waals surface area contributed by atoms with Crippen LogP contribution in [0.2, 0.25) is 0 Å². The number of thiophene rings is 1. The maximum absolute atomic E-state index is 12.5. The van der Waals surface area contributed by atoms with Crippen molar-refractivity contribution in [1.82, 2.24) is 14.9 Å². The van der Waals surface area contributed by atoms with Crippen LogP contribution in [0.25, 0.3) is 0 Å². The highest BCUT2D eigenvalue weighted by molar-refractivity contribution is 7.10. The summed E-state index contributed by atoms with van der Waals surface area (Å²) in [6, 6.07) is 6.74. The number of hydrogen-bond acceptors (Lipinski definition) is 5. The van der Waals surface area contributed by atoms with E-state index in [0.29, 0.717) is 18.5 Å². The van der Waals surface area contributed by atoms with Gasteiger partial charge in [0.05, 0.1) is 18.5 Å². The largest absolute Gasteiger partial charge is 0.352 e. The highest BCUT2D eigenvalue weighted by Crippen LogP contribution is 2.35. The van der Waals surface area contributed by atoms with Gasteiger partial charge in [0.15, 0.2) is 0 Å². The van der Waals surface area contributed by atoms with Crippen molar-refractivity contribution in [2.75, 3.05) is 18.0 Å². The molecule has 5 heterocycles. The number of aryl methyl sites for hydroxylation is 2. The van der Waals surface area contributed by atoms with E-state index in [4.69, 9.17) is 0 Å². The molecule has 6 heteroatoms. The molecular formula is C17H20N4OS. The Balaban J connectivity index is 1.44. The molecule has 0 aromatic carbocycles. The quantitative estimate of drug-likeness (QED) is 0.866. The van der Waals surface area contributed by atoms with Crippen LogP contribution in [0.5, 0.6) is 0 Å². The minimum absolute atomic E-state index is 0.267. The van der Waals surface area contributed by atoms with Crippen molar-refractivity contribution in [3.05, 3.63) is 40.0 Å². The van der Waals surface area contributed by atoms with Crippen LogP contribution in [-0.4, -0.2) is 45.9 Å². The fourth-order valence-electron chi connectivity index (χ4n) is 3.72. The Labute approximate surface area is 140 Å². The molecule has 3 aliphatic rings. The summed E-state index contributed by atoms with van der Waals surface area (Å²) in [7, 11) is 0. The molecule has 1 amide bonds. The van der Waals surface area contributed by atoms with E-state index < -0.39 is 0 Å². The highest BCUT2D eigenvalue weighted by atomic mass is 32.1. The molecule has 23 heavy (non-hydrogen) atoms. The highest BCUT2D eigenvalue weighted by Gasteiger charge is 2.47. The van der Waals surface area contributed by atoms with E-state index in [9.17, 15) is 4.79 Å². The third kappa shape index (κ3) is 2.72. The van der Waals surface area contributed by atoms with Crippen LogP contribution in [0.3, 0.4) is 0 Å². The summed E-state index contributed by atoms with van der Waals surface area (Å²) in [6.07, 6.45) is 1.66. The first-order chi connectivity index (χ1) is 11.1. The van der Waals surface area contributed by atoms with Gasteiger partial charge in [0, 0.05) is 29.7 Å². The Kier molecular flexibility index (Phi) is 3.56. The Hall–Kier alpha value is -1.95. The molecule has 0 spiro atoms. The summed E-state index contributed by atoms with van der Waals surface area (Å²) in [4.78, 5) is 27.0. The number of carbonyl (C=O) groups excluding carboxylic acids is 1. The lowest BCUT2D eigenvalue weighted by Gasteiger charge is -2.56. The summed E-state index contributed by atoms with van der Waals surface area (Å²) in [5.41, 5.74) is 0.998. The van der Waals surface area contributed by atoms with Gasteiger partial charge < -0.3 is 9.80 Å². The van der Waals surface area contributed by atoms with Crippen LogP contribution in [0.15, 0.2) is 23.6 Å². The molecular weight excluding hydrogens is 308 g/mol. The molecule has 3 saturated heterocycles. The van der Waals surface area contributed by atoms with Gasteiger partial charge in [-0.15, -0.1) is 11.3 Å². The van der Waals surface area contributed by atoms with Gasteiger partial charge in [-0.3, -0.25) is 4.79 Å². The number of hydrogen-bond donors (Lipinski definition) is 0. The molecule has 2 bridgehead atoms. The summed E-state index contributed by atoms with van der Waals surface area (Å²) < 4.78 is 0. The van der Waals surface area contributed by atoms with Crippen LogP contribution in [-0.2, 0) is 11.2 Å². The number of rotatable bonds is 3. The second-order valence-electron chi connectivity index (χ2n) is 6.42. The monoisotopic (exact) mass is 328 g/mol. The van der Waals surface area contributed by atoms with Crippen LogP contribution < -0.4 is 4.90 Å². The number of aromatic nitrogens is 2. The van der Waals surface area contributed by atoms with Crippen molar-refractivity contribution in [1.29, 1.82) is 0 Å². The number of piperidine rings is 1. The fraction of sp³-hybridized carbons (Fsp3) is 0.471. The maximum atomic E-state index is 12.5. The van der Waals surface area contributed by atoms with E-state index in [1.165, 1.54) is 0 Å². The van der Waals surface area contributed by atoms with E-state index in [1.807, 2.05) is 37.4 Å². The van der Waals surface area contributed by atoms with E-state index in [0.717, 1.165) is 41.7 Å². The summed E-state index contributed by atoms with van der Waals surface area (Å²) in [6.45, 7) is 5.68. The molecule has 0 radical (unpaired) electrons. The topological polar surface area (TPSA) is 49.3 Å². The zero-order valence-electron chi connectivity index (χ0n) is 13.4. The average molecular weight is 328 g/mol. The van der Waals surface area contributed by atoms with E-state index >= 15 is 0 Å². The lowest BCUT2D eigenvalue weighted by atomic mass is 9.87. The molecule has 120 valence electrons. The van der Waals surface area contributed by atoms with E-state index in [-0.39, 0.29) is 5.91 Å². The number of fused-ring (bicyclic) bond motifs is 2. The van der Waals surface area contributed by atoms with Gasteiger partial charge in [0.2, 0.25) is 5.91 Å². The number of carbonyl (C=O) groups is 1. The summed E-state index contributed by atoms with van der Waals surface area (Å²) in [5.74, 6) is 2.07. The third-order valence-electron chi connectivity index (χ3n) is 4.66. The van der Waals surface area contributed by atoms with Crippen molar-refractivity contribution in [3.8, 4) is 0 Å². The second-order valence-corrected chi connectivity index (χ2v) is 7.45. The van der Waals surface area contributed by atoms with Gasteiger partial charge in [-0.2, -0.15) is 0 Å². The molecule has 2 unspecified atom stereocenters. The summed E-state index contributed by atoms with van der Waals surface area (Å²) >= 11 is 1.66. The first kappa shape index (κ1) is 14.6. The number of piperazine rings is 1. The smallest absolute Gasteiger partial charge is 0.228 e. The van der Waals surface area contributed by atoms with E-state index in [1.54, 1.807) is 11.3 Å². The molecule has 2 atom stereocenters. The van der Waals surface area contributed by atoms with Crippen molar-refractivity contribution in [2.24, 2.45) is 0 Å². The minimum atomic E-state index is 0.267. The van der Waals surface area contributed by atoms with Crippen LogP contribution in [0.1, 0.15) is 22.8 Å². The predicted octanol–water partition coefficient (Wildman–Crippen LogP) is 2.19. The lowest BCUT2D eigenvalue weighted by molar-refractivity contribution is -0.145. The standard InChI is InChI=1S/C17H20N4OS/c1-11-6-16(19-12(2)18-11)20-9-13-7-14(10-20)21(13)17(22)8-15-4-3-5-23-15/h3-6,13-14H,7-10H2,1-2H3. The Bertz CT molecular complexity index is 698. The molecule has 2 aromatic rings.